The van der Waals surface area contributed by atoms with E-state index >= 15 is 0 Å². The second kappa shape index (κ2) is 14.3. The van der Waals surface area contributed by atoms with Crippen molar-refractivity contribution >= 4 is 45.2 Å². The number of guanidine groups is 1. The summed E-state index contributed by atoms with van der Waals surface area (Å²) in [6, 6.07) is 9.02. The Labute approximate surface area is 247 Å². The number of benzene rings is 1. The van der Waals surface area contributed by atoms with Crippen molar-refractivity contribution in [1.29, 1.82) is 0 Å². The summed E-state index contributed by atoms with van der Waals surface area (Å²) < 4.78 is 75.5. The minimum absolute atomic E-state index is 0.0631. The number of halogens is 3. The summed E-state index contributed by atoms with van der Waals surface area (Å²) in [5.74, 6) is -4.58. The molecular weight excluding hydrogens is 615 g/mol. The lowest BCUT2D eigenvalue weighted by Crippen LogP contribution is -2.51. The fraction of sp³-hybridized carbons (Fsp3) is 0.240. The molecule has 0 aliphatic carbocycles. The molecule has 236 valence electrons. The quantitative estimate of drug-likeness (QED) is 0.0603. The van der Waals surface area contributed by atoms with E-state index in [-0.39, 0.29) is 23.1 Å². The van der Waals surface area contributed by atoms with Crippen LogP contribution in [-0.2, 0) is 24.3 Å². The number of hydrogen-bond acceptors (Lipinski definition) is 9. The van der Waals surface area contributed by atoms with E-state index in [1.807, 2.05) is 0 Å². The maximum Gasteiger partial charge on any atom is 0.491 e. The Morgan fingerprint density at radius 1 is 1.02 bits per heavy atom. The molecule has 15 nitrogen and oxygen atoms in total. The average molecular weight is 642 g/mol. The molecule has 0 bridgehead atoms. The van der Waals surface area contributed by atoms with Crippen LogP contribution in [0, 0.1) is 0 Å². The van der Waals surface area contributed by atoms with Crippen LogP contribution in [0.1, 0.15) is 6.42 Å². The van der Waals surface area contributed by atoms with Gasteiger partial charge in [0.1, 0.15) is 17.5 Å². The maximum atomic E-state index is 13.0. The zero-order valence-electron chi connectivity index (χ0n) is 22.5. The maximum absolute atomic E-state index is 13.0. The van der Waals surface area contributed by atoms with E-state index in [0.29, 0.717) is 24.2 Å². The number of rotatable bonds is 12. The summed E-state index contributed by atoms with van der Waals surface area (Å²) in [6.45, 7) is -0.428. The first-order chi connectivity index (χ1) is 20.7. The molecule has 0 spiro atoms. The van der Waals surface area contributed by atoms with Crippen molar-refractivity contribution in [2.24, 2.45) is 16.5 Å². The van der Waals surface area contributed by atoms with Crippen LogP contribution in [0.2, 0.25) is 0 Å². The fourth-order valence-corrected chi connectivity index (χ4v) is 4.63. The zero-order valence-corrected chi connectivity index (χ0v) is 23.4. The number of aliphatic imine (C=N–C) groups is 1. The van der Waals surface area contributed by atoms with E-state index in [0.717, 1.165) is 16.5 Å². The molecule has 0 aliphatic heterocycles. The van der Waals surface area contributed by atoms with E-state index < -0.39 is 52.3 Å². The normalized spacial score (nSPS) is 12.2. The van der Waals surface area contributed by atoms with Gasteiger partial charge in [0.15, 0.2) is 5.96 Å². The van der Waals surface area contributed by atoms with Crippen molar-refractivity contribution in [3.05, 3.63) is 71.1 Å². The third-order valence-electron chi connectivity index (χ3n) is 5.46. The summed E-state index contributed by atoms with van der Waals surface area (Å²) in [7, 11) is -4.53. The van der Waals surface area contributed by atoms with Crippen molar-refractivity contribution in [2.45, 2.75) is 23.5 Å². The third-order valence-corrected chi connectivity index (χ3v) is 6.95. The number of sulfonamides is 1. The van der Waals surface area contributed by atoms with E-state index in [1.165, 1.54) is 36.5 Å². The number of hydrogen-bond donors (Lipinski definition) is 5. The summed E-state index contributed by atoms with van der Waals surface area (Å²) in [6.07, 6.45) is -3.71. The molecule has 0 fully saturated rings. The van der Waals surface area contributed by atoms with Gasteiger partial charge in [-0.25, -0.2) is 22.8 Å². The molecule has 2 heterocycles. The highest BCUT2D eigenvalue weighted by molar-refractivity contribution is 7.89. The first kappa shape index (κ1) is 33.3. The summed E-state index contributed by atoms with van der Waals surface area (Å²) in [4.78, 5) is 52.5. The highest BCUT2D eigenvalue weighted by Gasteiger charge is 2.44. The number of urea groups is 1. The lowest BCUT2D eigenvalue weighted by molar-refractivity contribution is -0.202. The predicted octanol–water partition coefficient (Wildman–Crippen LogP) is 0.443. The summed E-state index contributed by atoms with van der Waals surface area (Å²) >= 11 is 0. The number of anilines is 1. The van der Waals surface area contributed by atoms with Gasteiger partial charge in [-0.2, -0.15) is 17.9 Å². The van der Waals surface area contributed by atoms with E-state index in [9.17, 15) is 40.8 Å². The van der Waals surface area contributed by atoms with Crippen molar-refractivity contribution in [3.8, 4) is 5.75 Å². The standard InChI is InChI=1S/C25H26F3N7O8S/c26-25(27,28)22(38)43-21(37)19(34-44(40,41)17-5-2-1-3-6-17)13-32-24(39)33-18-10-8-15-7-9-16(14-35(15)20(18)36)42-12-4-11-31-23(29)30/h1-3,5-10,14,19,34H,4,11-13H2,(H4,29,30,31)(H2,32,33,39)/t19-/m0/s1. The van der Waals surface area contributed by atoms with Gasteiger partial charge < -0.3 is 31.6 Å². The van der Waals surface area contributed by atoms with Crippen LogP contribution in [-0.4, -0.2) is 68.7 Å². The number of nitrogens with zero attached hydrogens (tertiary/aromatic N) is 2. The van der Waals surface area contributed by atoms with Gasteiger partial charge in [0, 0.05) is 25.0 Å². The number of aromatic nitrogens is 1. The van der Waals surface area contributed by atoms with Crippen molar-refractivity contribution in [2.75, 3.05) is 25.0 Å². The molecular formula is C25H26F3N7O8S. The molecule has 0 aliphatic rings. The van der Waals surface area contributed by atoms with Crippen LogP contribution in [0.5, 0.6) is 5.75 Å². The number of carbonyl (C=O) groups is 3. The second-order valence-electron chi connectivity index (χ2n) is 8.75. The van der Waals surface area contributed by atoms with Crippen LogP contribution >= 0.6 is 0 Å². The Kier molecular flexibility index (Phi) is 10.9. The molecule has 0 saturated carbocycles. The van der Waals surface area contributed by atoms with E-state index in [2.05, 4.69) is 20.4 Å². The van der Waals surface area contributed by atoms with Crippen LogP contribution in [0.15, 0.2) is 75.5 Å². The van der Waals surface area contributed by atoms with Gasteiger partial charge in [-0.1, -0.05) is 18.2 Å². The minimum atomic E-state index is -5.56. The zero-order chi connectivity index (χ0) is 32.5. The number of esters is 2. The Hall–Kier alpha value is -5.17. The van der Waals surface area contributed by atoms with Gasteiger partial charge in [-0.15, -0.1) is 0 Å². The highest BCUT2D eigenvalue weighted by atomic mass is 32.2. The van der Waals surface area contributed by atoms with Gasteiger partial charge in [-0.3, -0.25) is 14.2 Å². The summed E-state index contributed by atoms with van der Waals surface area (Å²) in [5, 5.41) is 4.27. The van der Waals surface area contributed by atoms with Crippen molar-refractivity contribution < 1.29 is 45.4 Å². The van der Waals surface area contributed by atoms with Crippen LogP contribution in [0.3, 0.4) is 0 Å². The van der Waals surface area contributed by atoms with Gasteiger partial charge >= 0.3 is 24.1 Å². The molecule has 0 radical (unpaired) electrons. The number of ether oxygens (including phenoxy) is 2. The fourth-order valence-electron chi connectivity index (χ4n) is 3.43. The SMILES string of the molecule is NC(N)=NCCCOc1ccc2ccc(NC(=O)NC[C@H](NS(=O)(=O)c3ccccc3)C(=O)OC(=O)C(F)(F)F)c(=O)n2c1. The molecule has 0 saturated heterocycles. The van der Waals surface area contributed by atoms with E-state index in [1.54, 1.807) is 16.9 Å². The van der Waals surface area contributed by atoms with Crippen LogP contribution in [0.25, 0.3) is 5.52 Å². The Morgan fingerprint density at radius 3 is 2.36 bits per heavy atom. The van der Waals surface area contributed by atoms with Crippen LogP contribution in [0.4, 0.5) is 23.7 Å². The number of nitrogens with one attached hydrogen (secondary N) is 3. The monoisotopic (exact) mass is 641 g/mol. The Morgan fingerprint density at radius 2 is 1.70 bits per heavy atom. The predicted molar refractivity (Wildman–Crippen MR) is 149 cm³/mol. The van der Waals surface area contributed by atoms with E-state index in [4.69, 9.17) is 16.2 Å². The first-order valence-electron chi connectivity index (χ1n) is 12.5. The molecule has 0 unspecified atom stereocenters. The molecule has 2 aromatic heterocycles. The number of carbonyl (C=O) groups excluding carboxylic acids is 3. The van der Waals surface area contributed by atoms with Gasteiger partial charge in [0.05, 0.1) is 17.7 Å². The minimum Gasteiger partial charge on any atom is -0.492 e. The van der Waals surface area contributed by atoms with Gasteiger partial charge in [0.2, 0.25) is 10.0 Å². The molecule has 3 aromatic rings. The number of fused-ring (bicyclic) bond motifs is 1. The number of pyridine rings is 2. The number of alkyl halides is 3. The molecule has 1 atom stereocenters. The first-order valence-corrected chi connectivity index (χ1v) is 13.9. The number of nitrogens with two attached hydrogens (primary N) is 2. The van der Waals surface area contributed by atoms with Crippen molar-refractivity contribution in [3.63, 3.8) is 0 Å². The lowest BCUT2D eigenvalue weighted by atomic mass is 10.3. The highest BCUT2D eigenvalue weighted by Crippen LogP contribution is 2.17. The lowest BCUT2D eigenvalue weighted by Gasteiger charge is -2.18. The summed E-state index contributed by atoms with van der Waals surface area (Å²) in [5.41, 5.74) is 9.97. The van der Waals surface area contributed by atoms with Gasteiger partial charge in [-0.05, 0) is 36.4 Å². The Bertz CT molecular complexity index is 1710. The number of amides is 2. The third kappa shape index (κ3) is 9.42. The molecule has 7 N–H and O–H groups in total. The Balaban J connectivity index is 1.72. The molecule has 1 aromatic carbocycles. The molecule has 19 heteroatoms. The smallest absolute Gasteiger partial charge is 0.491 e. The molecule has 2 amide bonds. The van der Waals surface area contributed by atoms with Gasteiger partial charge in [0.25, 0.3) is 5.56 Å². The topological polar surface area (TPSA) is 226 Å². The van der Waals surface area contributed by atoms with Crippen molar-refractivity contribution in [1.82, 2.24) is 14.4 Å². The van der Waals surface area contributed by atoms with Crippen LogP contribution < -0.4 is 37.1 Å². The second-order valence-corrected chi connectivity index (χ2v) is 10.5. The molecule has 44 heavy (non-hydrogen) atoms. The molecule has 3 rings (SSSR count). The average Bonchev–Trinajstić information content (AvgIpc) is 2.96. The largest absolute Gasteiger partial charge is 0.492 e.